The molecular weight excluding hydrogens is 373 g/mol. The number of hydrogen-bond acceptors (Lipinski definition) is 1. The Bertz CT molecular complexity index is 1050. The molecule has 1 nitrogen and oxygen atoms in total. The molecule has 0 amide bonds. The minimum Gasteiger partial charge on any atom is -0.486 e. The monoisotopic (exact) mass is 396 g/mol. The summed E-state index contributed by atoms with van der Waals surface area (Å²) in [6, 6.07) is 14.2. The first-order valence-electron chi connectivity index (χ1n) is 9.66. The number of benzene rings is 3. The molecule has 29 heavy (non-hydrogen) atoms. The fourth-order valence-electron chi connectivity index (χ4n) is 3.11. The zero-order chi connectivity index (χ0) is 20.8. The molecule has 0 atom stereocenters. The van der Waals surface area contributed by atoms with Crippen LogP contribution in [0, 0.1) is 5.82 Å². The average Bonchev–Trinajstić information content (AvgIpc) is 2.75. The molecule has 4 heteroatoms. The summed E-state index contributed by atoms with van der Waals surface area (Å²) >= 11 is 0. The predicted molar refractivity (Wildman–Crippen MR) is 114 cm³/mol. The van der Waals surface area contributed by atoms with E-state index in [1.165, 1.54) is 24.3 Å². The van der Waals surface area contributed by atoms with Crippen LogP contribution in [0.3, 0.4) is 0 Å². The first-order valence-corrected chi connectivity index (χ1v) is 9.66. The van der Waals surface area contributed by atoms with E-state index in [1.54, 1.807) is 36.4 Å². The van der Waals surface area contributed by atoms with Crippen molar-refractivity contribution in [2.45, 2.75) is 26.7 Å². The van der Waals surface area contributed by atoms with Crippen LogP contribution in [-0.2, 0) is 6.42 Å². The Kier molecular flexibility index (Phi) is 6.76. The first-order chi connectivity index (χ1) is 14.0. The van der Waals surface area contributed by atoms with Gasteiger partial charge in [-0.1, -0.05) is 68.0 Å². The Morgan fingerprint density at radius 3 is 2.31 bits per heavy atom. The molecule has 0 aliphatic carbocycles. The molecule has 0 fully saturated rings. The maximum atomic E-state index is 14.8. The van der Waals surface area contributed by atoms with Gasteiger partial charge in [-0.3, -0.25) is 0 Å². The summed E-state index contributed by atoms with van der Waals surface area (Å²) in [6.45, 7) is 4.17. The van der Waals surface area contributed by atoms with Gasteiger partial charge >= 0.3 is 0 Å². The van der Waals surface area contributed by atoms with Crippen molar-refractivity contribution in [3.05, 3.63) is 89.3 Å². The second kappa shape index (κ2) is 9.46. The zero-order valence-electron chi connectivity index (χ0n) is 16.5. The molecule has 0 radical (unpaired) electrons. The van der Waals surface area contributed by atoms with E-state index >= 15 is 0 Å². The van der Waals surface area contributed by atoms with E-state index in [9.17, 15) is 13.2 Å². The van der Waals surface area contributed by atoms with Gasteiger partial charge in [-0.05, 0) is 36.4 Å². The molecule has 3 rings (SSSR count). The third-order valence-corrected chi connectivity index (χ3v) is 4.68. The van der Waals surface area contributed by atoms with Gasteiger partial charge in [-0.25, -0.2) is 13.2 Å². The lowest BCUT2D eigenvalue weighted by molar-refractivity contribution is 0.343. The molecule has 0 aliphatic heterocycles. The minimum atomic E-state index is -0.969. The molecule has 0 saturated heterocycles. The molecule has 0 spiro atoms. The van der Waals surface area contributed by atoms with E-state index in [1.807, 2.05) is 13.0 Å². The molecular formula is C25H23F3O. The summed E-state index contributed by atoms with van der Waals surface area (Å²) in [6.07, 6.45) is 5.46. The van der Waals surface area contributed by atoms with Crippen molar-refractivity contribution in [2.24, 2.45) is 0 Å². The maximum Gasteiger partial charge on any atom is 0.172 e. The van der Waals surface area contributed by atoms with Crippen molar-refractivity contribution in [1.29, 1.82) is 0 Å². The normalized spacial score (nSPS) is 12.4. The molecule has 0 N–H and O–H groups in total. The molecule has 0 unspecified atom stereocenters. The SMILES string of the molecule is CC=CCOc1ccc2cc(C(F)=C(F)c3ccc(CCC)cc3)ccc2c1F. The Balaban J connectivity index is 1.92. The van der Waals surface area contributed by atoms with Crippen LogP contribution in [0.25, 0.3) is 22.4 Å². The summed E-state index contributed by atoms with van der Waals surface area (Å²) < 4.78 is 49.4. The number of hydrogen-bond donors (Lipinski definition) is 0. The summed E-state index contributed by atoms with van der Waals surface area (Å²) in [5, 5.41) is 0.767. The van der Waals surface area contributed by atoms with E-state index in [-0.39, 0.29) is 23.5 Å². The topological polar surface area (TPSA) is 9.23 Å². The van der Waals surface area contributed by atoms with Crippen molar-refractivity contribution in [2.75, 3.05) is 6.61 Å². The quantitative estimate of drug-likeness (QED) is 0.294. The van der Waals surface area contributed by atoms with Crippen molar-refractivity contribution in [1.82, 2.24) is 0 Å². The highest BCUT2D eigenvalue weighted by Gasteiger charge is 2.14. The Morgan fingerprint density at radius 2 is 1.62 bits per heavy atom. The van der Waals surface area contributed by atoms with Gasteiger partial charge < -0.3 is 4.74 Å². The lowest BCUT2D eigenvalue weighted by Crippen LogP contribution is -1.96. The lowest BCUT2D eigenvalue weighted by Gasteiger charge is -2.09. The average molecular weight is 396 g/mol. The third kappa shape index (κ3) is 4.70. The second-order valence-corrected chi connectivity index (χ2v) is 6.77. The van der Waals surface area contributed by atoms with Gasteiger partial charge in [-0.15, -0.1) is 0 Å². The fourth-order valence-corrected chi connectivity index (χ4v) is 3.11. The number of halogens is 3. The number of allylic oxidation sites excluding steroid dienone is 1. The molecule has 3 aromatic rings. The highest BCUT2D eigenvalue weighted by Crippen LogP contribution is 2.33. The van der Waals surface area contributed by atoms with Crippen LogP contribution in [0.4, 0.5) is 13.2 Å². The molecule has 0 heterocycles. The van der Waals surface area contributed by atoms with Crippen molar-refractivity contribution >= 4 is 22.4 Å². The molecule has 3 aromatic carbocycles. The Labute approximate surface area is 169 Å². The van der Waals surface area contributed by atoms with E-state index in [0.29, 0.717) is 10.8 Å². The summed E-state index contributed by atoms with van der Waals surface area (Å²) in [5.41, 5.74) is 1.33. The second-order valence-electron chi connectivity index (χ2n) is 6.77. The van der Waals surface area contributed by atoms with Gasteiger partial charge in [0.05, 0.1) is 0 Å². The number of ether oxygens (including phenoxy) is 1. The predicted octanol–water partition coefficient (Wildman–Crippen LogP) is 7.65. The van der Waals surface area contributed by atoms with Crippen molar-refractivity contribution in [3.63, 3.8) is 0 Å². The van der Waals surface area contributed by atoms with Gasteiger partial charge in [-0.2, -0.15) is 0 Å². The van der Waals surface area contributed by atoms with Crippen LogP contribution in [0.15, 0.2) is 66.7 Å². The lowest BCUT2D eigenvalue weighted by atomic mass is 10.0. The highest BCUT2D eigenvalue weighted by atomic mass is 19.2. The van der Waals surface area contributed by atoms with E-state index in [2.05, 4.69) is 6.92 Å². The van der Waals surface area contributed by atoms with Crippen LogP contribution >= 0.6 is 0 Å². The van der Waals surface area contributed by atoms with Crippen molar-refractivity contribution in [3.8, 4) is 5.75 Å². The minimum absolute atomic E-state index is 0.0645. The Morgan fingerprint density at radius 1 is 0.931 bits per heavy atom. The van der Waals surface area contributed by atoms with E-state index < -0.39 is 17.5 Å². The van der Waals surface area contributed by atoms with Gasteiger partial charge in [0.1, 0.15) is 6.61 Å². The van der Waals surface area contributed by atoms with Gasteiger partial charge in [0, 0.05) is 16.5 Å². The fraction of sp³-hybridized carbons (Fsp3) is 0.200. The first kappa shape index (κ1) is 20.7. The molecule has 0 saturated carbocycles. The number of rotatable bonds is 7. The molecule has 0 aliphatic rings. The summed E-state index contributed by atoms with van der Waals surface area (Å²) in [5.74, 6) is -2.30. The van der Waals surface area contributed by atoms with Gasteiger partial charge in [0.2, 0.25) is 0 Å². The molecule has 150 valence electrons. The van der Waals surface area contributed by atoms with Crippen LogP contribution in [0.2, 0.25) is 0 Å². The third-order valence-electron chi connectivity index (χ3n) is 4.68. The van der Waals surface area contributed by atoms with E-state index in [4.69, 9.17) is 4.74 Å². The van der Waals surface area contributed by atoms with Crippen LogP contribution in [-0.4, -0.2) is 6.61 Å². The Hall–Kier alpha value is -3.01. The summed E-state index contributed by atoms with van der Waals surface area (Å²) in [4.78, 5) is 0. The number of aryl methyl sites for hydroxylation is 1. The summed E-state index contributed by atoms with van der Waals surface area (Å²) in [7, 11) is 0. The molecule has 0 aromatic heterocycles. The largest absolute Gasteiger partial charge is 0.486 e. The van der Waals surface area contributed by atoms with Gasteiger partial charge in [0.15, 0.2) is 23.2 Å². The number of fused-ring (bicyclic) bond motifs is 1. The zero-order valence-corrected chi connectivity index (χ0v) is 16.5. The van der Waals surface area contributed by atoms with Crippen LogP contribution in [0.5, 0.6) is 5.75 Å². The van der Waals surface area contributed by atoms with Crippen LogP contribution < -0.4 is 4.74 Å². The van der Waals surface area contributed by atoms with Crippen LogP contribution in [0.1, 0.15) is 37.0 Å². The van der Waals surface area contributed by atoms with Crippen molar-refractivity contribution < 1.29 is 17.9 Å². The highest BCUT2D eigenvalue weighted by molar-refractivity contribution is 5.91. The standard InChI is InChI=1S/C25H23F3O/c1-3-5-15-29-22-14-12-19-16-20(11-13-21(19)25(22)28)24(27)23(26)18-9-7-17(6-4-2)8-10-18/h3,5,7-14,16H,4,6,15H2,1-2H3. The van der Waals surface area contributed by atoms with Gasteiger partial charge in [0.25, 0.3) is 0 Å². The van der Waals surface area contributed by atoms with E-state index in [0.717, 1.165) is 18.4 Å². The smallest absolute Gasteiger partial charge is 0.172 e. The maximum absolute atomic E-state index is 14.8. The molecule has 0 bridgehead atoms.